The van der Waals surface area contributed by atoms with Gasteiger partial charge in [0.1, 0.15) is 10.7 Å². The summed E-state index contributed by atoms with van der Waals surface area (Å²) in [5.74, 6) is -3.51. The van der Waals surface area contributed by atoms with Crippen molar-refractivity contribution in [3.05, 3.63) is 29.8 Å². The molecule has 0 spiro atoms. The summed E-state index contributed by atoms with van der Waals surface area (Å²) in [6, 6.07) is 6.50. The zero-order chi connectivity index (χ0) is 18.8. The monoisotopic (exact) mass is 386 g/mol. The van der Waals surface area contributed by atoms with E-state index in [0.717, 1.165) is 17.3 Å². The minimum atomic E-state index is -3.77. The SMILES string of the molecule is CCOC(=O)C1C(=O)OC(C)C1C(SC)S(=O)(=O)c1ccc(C)cc1. The molecule has 4 atom stereocenters. The number of cyclic esters (lactones) is 1. The summed E-state index contributed by atoms with van der Waals surface area (Å²) in [5.41, 5.74) is 0.941. The van der Waals surface area contributed by atoms with Crippen LogP contribution in [0.25, 0.3) is 0 Å². The van der Waals surface area contributed by atoms with Crippen LogP contribution in [0.5, 0.6) is 0 Å². The quantitative estimate of drug-likeness (QED) is 0.547. The number of carbonyl (C=O) groups is 2. The normalized spacial score (nSPS) is 24.6. The Kier molecular flexibility index (Phi) is 6.16. The van der Waals surface area contributed by atoms with Gasteiger partial charge < -0.3 is 9.47 Å². The summed E-state index contributed by atoms with van der Waals surface area (Å²) in [7, 11) is -3.77. The van der Waals surface area contributed by atoms with E-state index in [2.05, 4.69) is 0 Å². The van der Waals surface area contributed by atoms with Crippen molar-refractivity contribution in [2.24, 2.45) is 11.8 Å². The van der Waals surface area contributed by atoms with Gasteiger partial charge in [-0.15, -0.1) is 11.8 Å². The van der Waals surface area contributed by atoms with Gasteiger partial charge in [0.25, 0.3) is 0 Å². The number of benzene rings is 1. The molecule has 0 amide bonds. The Morgan fingerprint density at radius 2 is 1.92 bits per heavy atom. The van der Waals surface area contributed by atoms with Crippen molar-refractivity contribution in [3.8, 4) is 0 Å². The van der Waals surface area contributed by atoms with Crippen LogP contribution in [-0.4, -0.2) is 43.9 Å². The Balaban J connectivity index is 2.44. The third-order valence-corrected chi connectivity index (χ3v) is 8.20. The lowest BCUT2D eigenvalue weighted by molar-refractivity contribution is -0.156. The summed E-state index contributed by atoms with van der Waals surface area (Å²) >= 11 is 1.09. The molecule has 1 aliphatic heterocycles. The number of hydrogen-bond acceptors (Lipinski definition) is 7. The zero-order valence-corrected chi connectivity index (χ0v) is 16.2. The summed E-state index contributed by atoms with van der Waals surface area (Å²) < 4.78 is 35.3. The van der Waals surface area contributed by atoms with E-state index in [9.17, 15) is 18.0 Å². The van der Waals surface area contributed by atoms with Crippen molar-refractivity contribution in [1.29, 1.82) is 0 Å². The number of aryl methyl sites for hydroxylation is 1. The second kappa shape index (κ2) is 7.78. The standard InChI is InChI=1S/C17H22O6S2/c1-5-22-15(18)14-13(11(3)23-16(14)19)17(24-4)25(20,21)12-8-6-10(2)7-9-12/h6-9,11,13-14,17H,5H2,1-4H3. The smallest absolute Gasteiger partial charge is 0.321 e. The van der Waals surface area contributed by atoms with E-state index >= 15 is 0 Å². The predicted octanol–water partition coefficient (Wildman–Crippen LogP) is 2.20. The predicted molar refractivity (Wildman–Crippen MR) is 94.8 cm³/mol. The number of rotatable bonds is 6. The van der Waals surface area contributed by atoms with E-state index in [1.807, 2.05) is 6.92 Å². The first-order valence-electron chi connectivity index (χ1n) is 7.94. The largest absolute Gasteiger partial charge is 0.465 e. The van der Waals surface area contributed by atoms with Gasteiger partial charge in [0.15, 0.2) is 15.8 Å². The highest BCUT2D eigenvalue weighted by Crippen LogP contribution is 2.41. The highest BCUT2D eigenvalue weighted by molar-refractivity contribution is 8.13. The lowest BCUT2D eigenvalue weighted by Crippen LogP contribution is -2.39. The molecule has 0 bridgehead atoms. The van der Waals surface area contributed by atoms with Crippen LogP contribution in [0.1, 0.15) is 19.4 Å². The first kappa shape index (κ1) is 19.8. The van der Waals surface area contributed by atoms with Gasteiger partial charge >= 0.3 is 11.9 Å². The Bertz CT molecular complexity index is 741. The second-order valence-electron chi connectivity index (χ2n) is 5.91. The number of carbonyl (C=O) groups excluding carboxylic acids is 2. The third-order valence-electron chi connectivity index (χ3n) is 4.23. The molecule has 8 heteroatoms. The number of sulfone groups is 1. The van der Waals surface area contributed by atoms with Gasteiger partial charge in [-0.1, -0.05) is 17.7 Å². The van der Waals surface area contributed by atoms with E-state index in [-0.39, 0.29) is 11.5 Å². The molecular weight excluding hydrogens is 364 g/mol. The fraction of sp³-hybridized carbons (Fsp3) is 0.529. The van der Waals surface area contributed by atoms with E-state index in [1.54, 1.807) is 32.2 Å². The lowest BCUT2D eigenvalue weighted by Gasteiger charge is -2.26. The molecule has 2 rings (SSSR count). The molecule has 25 heavy (non-hydrogen) atoms. The van der Waals surface area contributed by atoms with Crippen molar-refractivity contribution >= 4 is 33.5 Å². The molecule has 1 heterocycles. The van der Waals surface area contributed by atoms with E-state index in [1.165, 1.54) is 12.1 Å². The van der Waals surface area contributed by atoms with Crippen LogP contribution >= 0.6 is 11.8 Å². The van der Waals surface area contributed by atoms with Gasteiger partial charge in [-0.05, 0) is 39.2 Å². The van der Waals surface area contributed by atoms with Gasteiger partial charge in [-0.3, -0.25) is 9.59 Å². The number of thioether (sulfide) groups is 1. The minimum Gasteiger partial charge on any atom is -0.465 e. The van der Waals surface area contributed by atoms with Crippen molar-refractivity contribution in [2.75, 3.05) is 12.9 Å². The molecule has 0 saturated carbocycles. The molecule has 0 radical (unpaired) electrons. The maximum Gasteiger partial charge on any atom is 0.321 e. The Labute approximate surface area is 152 Å². The molecular formula is C17H22O6S2. The third kappa shape index (κ3) is 3.84. The first-order chi connectivity index (χ1) is 11.7. The summed E-state index contributed by atoms with van der Waals surface area (Å²) in [6.07, 6.45) is 0.952. The second-order valence-corrected chi connectivity index (χ2v) is 9.26. The van der Waals surface area contributed by atoms with Crippen molar-refractivity contribution < 1.29 is 27.5 Å². The van der Waals surface area contributed by atoms with Gasteiger partial charge in [0, 0.05) is 5.92 Å². The molecule has 1 saturated heterocycles. The molecule has 1 aliphatic rings. The van der Waals surface area contributed by atoms with Crippen LogP contribution in [0, 0.1) is 18.8 Å². The highest BCUT2D eigenvalue weighted by Gasteiger charge is 2.54. The Morgan fingerprint density at radius 3 is 2.44 bits per heavy atom. The summed E-state index contributed by atoms with van der Waals surface area (Å²) in [5, 5.41) is 0. The Morgan fingerprint density at radius 1 is 1.32 bits per heavy atom. The average molecular weight is 386 g/mol. The van der Waals surface area contributed by atoms with Gasteiger partial charge in [-0.2, -0.15) is 0 Å². The van der Waals surface area contributed by atoms with Crippen LogP contribution in [0.4, 0.5) is 0 Å². The first-order valence-corrected chi connectivity index (χ1v) is 10.8. The van der Waals surface area contributed by atoms with E-state index in [4.69, 9.17) is 9.47 Å². The molecule has 1 fully saturated rings. The molecule has 138 valence electrons. The van der Waals surface area contributed by atoms with Crippen molar-refractivity contribution in [2.45, 2.75) is 36.4 Å². The molecule has 4 unspecified atom stereocenters. The lowest BCUT2D eigenvalue weighted by atomic mass is 9.92. The van der Waals surface area contributed by atoms with Crippen LogP contribution in [-0.2, 0) is 28.9 Å². The van der Waals surface area contributed by atoms with Crippen molar-refractivity contribution in [3.63, 3.8) is 0 Å². The van der Waals surface area contributed by atoms with Crippen LogP contribution in [0.3, 0.4) is 0 Å². The summed E-state index contributed by atoms with van der Waals surface area (Å²) in [4.78, 5) is 24.5. The minimum absolute atomic E-state index is 0.109. The average Bonchev–Trinajstić information content (AvgIpc) is 2.83. The molecule has 0 aliphatic carbocycles. The van der Waals surface area contributed by atoms with Crippen LogP contribution < -0.4 is 0 Å². The van der Waals surface area contributed by atoms with E-state index in [0.29, 0.717) is 0 Å². The highest BCUT2D eigenvalue weighted by atomic mass is 32.3. The van der Waals surface area contributed by atoms with Crippen LogP contribution in [0.2, 0.25) is 0 Å². The topological polar surface area (TPSA) is 86.7 Å². The number of esters is 2. The van der Waals surface area contributed by atoms with Gasteiger partial charge in [0.2, 0.25) is 0 Å². The Hall–Kier alpha value is -1.54. The fourth-order valence-corrected chi connectivity index (χ4v) is 6.60. The van der Waals surface area contributed by atoms with Crippen molar-refractivity contribution in [1.82, 2.24) is 0 Å². The molecule has 1 aromatic rings. The fourth-order valence-electron chi connectivity index (χ4n) is 2.98. The number of hydrogen-bond donors (Lipinski definition) is 0. The van der Waals surface area contributed by atoms with E-state index < -0.39 is 44.3 Å². The maximum atomic E-state index is 13.1. The summed E-state index contributed by atoms with van der Waals surface area (Å²) in [6.45, 7) is 5.21. The number of ether oxygens (including phenoxy) is 2. The molecule has 0 aromatic heterocycles. The molecule has 1 aromatic carbocycles. The molecule has 6 nitrogen and oxygen atoms in total. The van der Waals surface area contributed by atoms with Gasteiger partial charge in [-0.25, -0.2) is 8.42 Å². The van der Waals surface area contributed by atoms with Gasteiger partial charge in [0.05, 0.1) is 11.5 Å². The van der Waals surface area contributed by atoms with Crippen LogP contribution in [0.15, 0.2) is 29.2 Å². The molecule has 0 N–H and O–H groups in total. The maximum absolute atomic E-state index is 13.1. The zero-order valence-electron chi connectivity index (χ0n) is 14.6.